The normalized spacial score (nSPS) is 20.4. The third-order valence-corrected chi connectivity index (χ3v) is 3.33. The Morgan fingerprint density at radius 2 is 1.70 bits per heavy atom. The molecule has 1 rings (SSSR count). The Hall–Kier alpha value is -1.10. The fraction of sp³-hybridized carbons (Fsp3) is 0.867. The molecule has 118 valence electrons. The average molecular weight is 288 g/mol. The van der Waals surface area contributed by atoms with E-state index in [0.717, 1.165) is 12.8 Å². The number of hydrogen-bond acceptors (Lipinski definition) is 5. The van der Waals surface area contributed by atoms with Crippen LogP contribution >= 0.6 is 0 Å². The number of ether oxygens (including phenoxy) is 3. The monoisotopic (exact) mass is 288 g/mol. The van der Waals surface area contributed by atoms with Crippen LogP contribution < -0.4 is 0 Å². The topological polar surface area (TPSA) is 61.8 Å². The summed E-state index contributed by atoms with van der Waals surface area (Å²) in [4.78, 5) is 22.8. The fourth-order valence-electron chi connectivity index (χ4n) is 1.85. The van der Waals surface area contributed by atoms with Gasteiger partial charge in [-0.1, -0.05) is 27.7 Å². The number of carbonyl (C=O) groups excluding carboxylic acids is 2. The van der Waals surface area contributed by atoms with Gasteiger partial charge in [0.2, 0.25) is 6.29 Å². The van der Waals surface area contributed by atoms with Crippen LogP contribution in [0.15, 0.2) is 0 Å². The maximum atomic E-state index is 11.7. The van der Waals surface area contributed by atoms with Gasteiger partial charge in [0, 0.05) is 19.3 Å². The van der Waals surface area contributed by atoms with Gasteiger partial charge in [-0.05, 0) is 18.3 Å². The highest BCUT2D eigenvalue weighted by Crippen LogP contribution is 2.21. The van der Waals surface area contributed by atoms with Gasteiger partial charge in [0.1, 0.15) is 0 Å². The highest BCUT2D eigenvalue weighted by atomic mass is 16.7. The largest absolute Gasteiger partial charge is 0.469 e. The van der Waals surface area contributed by atoms with Gasteiger partial charge in [-0.3, -0.25) is 9.59 Å². The van der Waals surface area contributed by atoms with Crippen LogP contribution in [0.4, 0.5) is 0 Å². The first kappa shape index (κ1) is 18.9. The molecule has 0 N–H and O–H groups in total. The molecule has 0 aromatic rings. The summed E-state index contributed by atoms with van der Waals surface area (Å²) >= 11 is 0. The Labute approximate surface area is 122 Å². The van der Waals surface area contributed by atoms with Gasteiger partial charge >= 0.3 is 11.9 Å². The summed E-state index contributed by atoms with van der Waals surface area (Å²) in [7, 11) is 1.37. The number of carbonyl (C=O) groups is 2. The van der Waals surface area contributed by atoms with Crippen LogP contribution in [-0.2, 0) is 23.8 Å². The summed E-state index contributed by atoms with van der Waals surface area (Å²) in [6.07, 6.45) is 1.97. The molecule has 0 radical (unpaired) electrons. The van der Waals surface area contributed by atoms with Crippen LogP contribution in [0.1, 0.15) is 53.4 Å². The van der Waals surface area contributed by atoms with E-state index < -0.39 is 0 Å². The first-order valence-electron chi connectivity index (χ1n) is 7.40. The lowest BCUT2D eigenvalue weighted by Gasteiger charge is -2.19. The van der Waals surface area contributed by atoms with Crippen molar-refractivity contribution in [2.24, 2.45) is 11.8 Å². The molecule has 3 atom stereocenters. The lowest BCUT2D eigenvalue weighted by Crippen LogP contribution is -2.22. The van der Waals surface area contributed by atoms with E-state index in [4.69, 9.17) is 9.47 Å². The number of methoxy groups -OCH3 is 1. The van der Waals surface area contributed by atoms with Crippen LogP contribution in [0, 0.1) is 11.8 Å². The highest BCUT2D eigenvalue weighted by Gasteiger charge is 2.23. The third-order valence-electron chi connectivity index (χ3n) is 3.33. The molecule has 1 saturated heterocycles. The van der Waals surface area contributed by atoms with Crippen molar-refractivity contribution in [3.05, 3.63) is 0 Å². The molecule has 1 fully saturated rings. The van der Waals surface area contributed by atoms with Crippen molar-refractivity contribution >= 4 is 11.9 Å². The predicted octanol–water partition coefficient (Wildman–Crippen LogP) is 2.92. The summed E-state index contributed by atoms with van der Waals surface area (Å²) in [6.45, 7) is 8.53. The first-order chi connectivity index (χ1) is 9.52. The Bertz CT molecular complexity index is 284. The maximum absolute atomic E-state index is 11.7. The van der Waals surface area contributed by atoms with Gasteiger partial charge in [-0.25, -0.2) is 0 Å². The summed E-state index contributed by atoms with van der Waals surface area (Å²) in [5, 5.41) is 0. The van der Waals surface area contributed by atoms with Crippen molar-refractivity contribution in [2.75, 3.05) is 13.7 Å². The first-order valence-corrected chi connectivity index (χ1v) is 7.40. The van der Waals surface area contributed by atoms with Crippen LogP contribution in [0.5, 0.6) is 0 Å². The van der Waals surface area contributed by atoms with Crippen molar-refractivity contribution in [3.63, 3.8) is 0 Å². The zero-order valence-corrected chi connectivity index (χ0v) is 13.3. The molecular formula is C15H28O5. The van der Waals surface area contributed by atoms with Crippen molar-refractivity contribution < 1.29 is 23.8 Å². The van der Waals surface area contributed by atoms with Crippen LogP contribution in [-0.4, -0.2) is 31.9 Å². The molecule has 1 aliphatic heterocycles. The molecule has 5 nitrogen and oxygen atoms in total. The van der Waals surface area contributed by atoms with E-state index in [1.54, 1.807) is 0 Å². The SMILES string of the molecule is CC.COC(=O)CC(C)C(C)CC(=O)OC1CCCO1. The van der Waals surface area contributed by atoms with E-state index in [1.807, 2.05) is 27.7 Å². The summed E-state index contributed by atoms with van der Waals surface area (Å²) in [5.74, 6) is -0.333. The second kappa shape index (κ2) is 10.7. The minimum atomic E-state index is -0.374. The van der Waals surface area contributed by atoms with Crippen LogP contribution in [0.2, 0.25) is 0 Å². The summed E-state index contributed by atoms with van der Waals surface area (Å²) in [6, 6.07) is 0. The molecule has 1 aliphatic rings. The van der Waals surface area contributed by atoms with E-state index in [2.05, 4.69) is 4.74 Å². The standard InChI is InChI=1S/C13H22O5.C2H6/c1-9(7-11(14)16-3)10(2)8-12(15)18-13-5-4-6-17-13;1-2/h9-10,13H,4-8H2,1-3H3;1-2H3. The van der Waals surface area contributed by atoms with E-state index >= 15 is 0 Å². The molecule has 5 heteroatoms. The highest BCUT2D eigenvalue weighted by molar-refractivity contribution is 5.71. The second-order valence-corrected chi connectivity index (χ2v) is 4.87. The van der Waals surface area contributed by atoms with E-state index in [1.165, 1.54) is 7.11 Å². The molecule has 0 aromatic carbocycles. The van der Waals surface area contributed by atoms with Gasteiger partial charge in [0.25, 0.3) is 0 Å². The van der Waals surface area contributed by atoms with E-state index in [-0.39, 0.29) is 30.1 Å². The molecule has 0 bridgehead atoms. The van der Waals surface area contributed by atoms with Crippen LogP contribution in [0.25, 0.3) is 0 Å². The molecule has 1 heterocycles. The average Bonchev–Trinajstić information content (AvgIpc) is 2.93. The Kier molecular flexibility index (Phi) is 10.1. The van der Waals surface area contributed by atoms with Crippen LogP contribution in [0.3, 0.4) is 0 Å². The number of rotatable bonds is 6. The fourth-order valence-corrected chi connectivity index (χ4v) is 1.85. The molecule has 20 heavy (non-hydrogen) atoms. The minimum absolute atomic E-state index is 0.0815. The Morgan fingerprint density at radius 3 is 2.15 bits per heavy atom. The number of hydrogen-bond donors (Lipinski definition) is 0. The third kappa shape index (κ3) is 7.48. The number of esters is 2. The molecular weight excluding hydrogens is 260 g/mol. The van der Waals surface area contributed by atoms with E-state index in [9.17, 15) is 9.59 Å². The quantitative estimate of drug-likeness (QED) is 0.703. The summed E-state index contributed by atoms with van der Waals surface area (Å²) in [5.41, 5.74) is 0. The minimum Gasteiger partial charge on any atom is -0.469 e. The Morgan fingerprint density at radius 1 is 1.15 bits per heavy atom. The lowest BCUT2D eigenvalue weighted by atomic mass is 9.90. The maximum Gasteiger partial charge on any atom is 0.308 e. The van der Waals surface area contributed by atoms with Crippen molar-refractivity contribution in [1.82, 2.24) is 0 Å². The zero-order chi connectivity index (χ0) is 15.5. The summed E-state index contributed by atoms with van der Waals surface area (Å²) < 4.78 is 15.0. The molecule has 0 amide bonds. The van der Waals surface area contributed by atoms with Gasteiger partial charge in [-0.2, -0.15) is 0 Å². The van der Waals surface area contributed by atoms with Gasteiger partial charge < -0.3 is 14.2 Å². The molecule has 3 unspecified atom stereocenters. The van der Waals surface area contributed by atoms with Gasteiger partial charge in [0.15, 0.2) is 0 Å². The molecule has 0 saturated carbocycles. The Balaban J connectivity index is 0.00000172. The van der Waals surface area contributed by atoms with Gasteiger partial charge in [0.05, 0.1) is 13.7 Å². The predicted molar refractivity (Wildman–Crippen MR) is 76.0 cm³/mol. The van der Waals surface area contributed by atoms with Crippen molar-refractivity contribution in [1.29, 1.82) is 0 Å². The molecule has 0 spiro atoms. The smallest absolute Gasteiger partial charge is 0.308 e. The second-order valence-electron chi connectivity index (χ2n) is 4.87. The van der Waals surface area contributed by atoms with E-state index in [0.29, 0.717) is 19.4 Å². The van der Waals surface area contributed by atoms with Crippen molar-refractivity contribution in [3.8, 4) is 0 Å². The zero-order valence-electron chi connectivity index (χ0n) is 13.3. The molecule has 0 aromatic heterocycles. The lowest BCUT2D eigenvalue weighted by molar-refractivity contribution is -0.171. The molecule has 0 aliphatic carbocycles. The van der Waals surface area contributed by atoms with Crippen molar-refractivity contribution in [2.45, 2.75) is 59.7 Å². The van der Waals surface area contributed by atoms with Gasteiger partial charge in [-0.15, -0.1) is 0 Å².